The third-order valence-corrected chi connectivity index (χ3v) is 5.80. The van der Waals surface area contributed by atoms with E-state index in [1.54, 1.807) is 17.9 Å². The molecule has 1 aliphatic heterocycles. The summed E-state index contributed by atoms with van der Waals surface area (Å²) in [6, 6.07) is 1.82. The zero-order valence-electron chi connectivity index (χ0n) is 11.0. The highest BCUT2D eigenvalue weighted by Crippen LogP contribution is 2.38. The van der Waals surface area contributed by atoms with Gasteiger partial charge in [0.1, 0.15) is 0 Å². The van der Waals surface area contributed by atoms with Crippen LogP contribution in [0.15, 0.2) is 12.3 Å². The molecule has 0 amide bonds. The molecule has 6 nitrogen and oxygen atoms in total. The Kier molecular flexibility index (Phi) is 3.98. The third-order valence-electron chi connectivity index (χ3n) is 4.03. The van der Waals surface area contributed by atoms with Crippen LogP contribution in [0.5, 0.6) is 0 Å². The van der Waals surface area contributed by atoms with E-state index < -0.39 is 15.3 Å². The van der Waals surface area contributed by atoms with E-state index in [1.165, 1.54) is 0 Å². The molecule has 7 heteroatoms. The molecular formula is C12H20N2O4S. The second-order valence-electron chi connectivity index (χ2n) is 5.44. The van der Waals surface area contributed by atoms with E-state index in [0.717, 1.165) is 5.69 Å². The maximum Gasteiger partial charge on any atom is 0.150 e. The van der Waals surface area contributed by atoms with E-state index in [-0.39, 0.29) is 30.6 Å². The van der Waals surface area contributed by atoms with Gasteiger partial charge in [-0.25, -0.2) is 8.42 Å². The number of aryl methyl sites for hydroxylation is 1. The second-order valence-corrected chi connectivity index (χ2v) is 7.66. The summed E-state index contributed by atoms with van der Waals surface area (Å²) in [7, 11) is -1.24. The average Bonchev–Trinajstić information content (AvgIpc) is 2.92. The fraction of sp³-hybridized carbons (Fsp3) is 0.750. The Balaban J connectivity index is 2.22. The highest BCUT2D eigenvalue weighted by molar-refractivity contribution is 7.91. The summed E-state index contributed by atoms with van der Waals surface area (Å²) >= 11 is 0. The number of rotatable bonds is 5. The first-order valence-corrected chi connectivity index (χ1v) is 8.13. The van der Waals surface area contributed by atoms with Crippen LogP contribution in [-0.2, 0) is 23.3 Å². The standard InChI is InChI=1S/C12H20N2O4S/c1-14-4-2-11(13-14)6-12(8-15,9-16)10-3-5-19(17,18)7-10/h2,4,10,15-16H,3,5-9H2,1H3. The van der Waals surface area contributed by atoms with Crippen molar-refractivity contribution in [3.8, 4) is 0 Å². The highest BCUT2D eigenvalue weighted by atomic mass is 32.2. The predicted molar refractivity (Wildman–Crippen MR) is 70.3 cm³/mol. The first-order valence-electron chi connectivity index (χ1n) is 6.31. The monoisotopic (exact) mass is 288 g/mol. The second kappa shape index (κ2) is 5.22. The van der Waals surface area contributed by atoms with Gasteiger partial charge in [-0.05, 0) is 18.4 Å². The van der Waals surface area contributed by atoms with E-state index in [0.29, 0.717) is 12.8 Å². The maximum atomic E-state index is 11.6. The van der Waals surface area contributed by atoms with Crippen LogP contribution in [0, 0.1) is 11.3 Å². The molecular weight excluding hydrogens is 268 g/mol. The van der Waals surface area contributed by atoms with Crippen molar-refractivity contribution in [3.63, 3.8) is 0 Å². The Morgan fingerprint density at radius 2 is 2.16 bits per heavy atom. The minimum absolute atomic E-state index is 0.0426. The average molecular weight is 288 g/mol. The number of hydrogen-bond acceptors (Lipinski definition) is 5. The van der Waals surface area contributed by atoms with Gasteiger partial charge in [-0.3, -0.25) is 4.68 Å². The summed E-state index contributed by atoms with van der Waals surface area (Å²) in [6.45, 7) is -0.472. The van der Waals surface area contributed by atoms with Gasteiger partial charge in [0.15, 0.2) is 9.84 Å². The topological polar surface area (TPSA) is 92.4 Å². The molecule has 2 N–H and O–H groups in total. The van der Waals surface area contributed by atoms with Crippen LogP contribution in [-0.4, -0.2) is 53.1 Å². The predicted octanol–water partition coefficient (Wildman–Crippen LogP) is -0.632. The number of aliphatic hydroxyl groups is 2. The fourth-order valence-electron chi connectivity index (χ4n) is 2.76. The van der Waals surface area contributed by atoms with Crippen LogP contribution in [0.2, 0.25) is 0 Å². The zero-order valence-corrected chi connectivity index (χ0v) is 11.8. The number of sulfone groups is 1. The highest BCUT2D eigenvalue weighted by Gasteiger charge is 2.44. The lowest BCUT2D eigenvalue weighted by Gasteiger charge is -2.34. The van der Waals surface area contributed by atoms with Crippen LogP contribution >= 0.6 is 0 Å². The van der Waals surface area contributed by atoms with E-state index in [2.05, 4.69) is 5.10 Å². The number of hydrogen-bond donors (Lipinski definition) is 2. The smallest absolute Gasteiger partial charge is 0.150 e. The van der Waals surface area contributed by atoms with Crippen molar-refractivity contribution in [2.24, 2.45) is 18.4 Å². The lowest BCUT2D eigenvalue weighted by atomic mass is 9.73. The first kappa shape index (κ1) is 14.5. The first-order chi connectivity index (χ1) is 8.91. The Bertz CT molecular complexity index is 534. The van der Waals surface area contributed by atoms with Gasteiger partial charge in [0, 0.05) is 25.1 Å². The van der Waals surface area contributed by atoms with Crippen molar-refractivity contribution in [1.82, 2.24) is 9.78 Å². The van der Waals surface area contributed by atoms with Gasteiger partial charge in [0.25, 0.3) is 0 Å². The van der Waals surface area contributed by atoms with Crippen molar-refractivity contribution < 1.29 is 18.6 Å². The molecule has 1 aliphatic rings. The molecule has 0 bridgehead atoms. The van der Waals surface area contributed by atoms with Gasteiger partial charge in [-0.1, -0.05) is 0 Å². The van der Waals surface area contributed by atoms with Crippen LogP contribution in [0.4, 0.5) is 0 Å². The Morgan fingerprint density at radius 3 is 2.58 bits per heavy atom. The fourth-order valence-corrected chi connectivity index (χ4v) is 4.70. The summed E-state index contributed by atoms with van der Waals surface area (Å²) in [5.41, 5.74) is -0.0485. The van der Waals surface area contributed by atoms with Crippen LogP contribution in [0.3, 0.4) is 0 Å². The summed E-state index contributed by atoms with van der Waals surface area (Å²) in [5, 5.41) is 23.6. The van der Waals surface area contributed by atoms with Gasteiger partial charge in [0.2, 0.25) is 0 Å². The Labute approximate surface area is 113 Å². The number of aliphatic hydroxyl groups excluding tert-OH is 2. The lowest BCUT2D eigenvalue weighted by Crippen LogP contribution is -2.41. The van der Waals surface area contributed by atoms with E-state index in [4.69, 9.17) is 0 Å². The summed E-state index contributed by atoms with van der Waals surface area (Å²) in [4.78, 5) is 0. The van der Waals surface area contributed by atoms with E-state index in [1.807, 2.05) is 6.07 Å². The normalized spacial score (nSPS) is 22.8. The minimum atomic E-state index is -3.03. The molecule has 0 radical (unpaired) electrons. The molecule has 1 fully saturated rings. The Hall–Kier alpha value is -0.920. The molecule has 2 rings (SSSR count). The lowest BCUT2D eigenvalue weighted by molar-refractivity contribution is 0.0116. The largest absolute Gasteiger partial charge is 0.396 e. The zero-order chi connectivity index (χ0) is 14.1. The number of nitrogens with zero attached hydrogens (tertiary/aromatic N) is 2. The van der Waals surface area contributed by atoms with Crippen molar-refractivity contribution >= 4 is 9.84 Å². The quantitative estimate of drug-likeness (QED) is 0.752. The molecule has 2 heterocycles. The van der Waals surface area contributed by atoms with Gasteiger partial charge in [-0.2, -0.15) is 5.10 Å². The van der Waals surface area contributed by atoms with Gasteiger partial charge in [0.05, 0.1) is 30.4 Å². The van der Waals surface area contributed by atoms with Crippen LogP contribution in [0.25, 0.3) is 0 Å². The van der Waals surface area contributed by atoms with Crippen molar-refractivity contribution in [3.05, 3.63) is 18.0 Å². The molecule has 0 spiro atoms. The molecule has 0 aromatic carbocycles. The maximum absolute atomic E-state index is 11.6. The molecule has 1 aromatic rings. The van der Waals surface area contributed by atoms with Crippen LogP contribution < -0.4 is 0 Å². The van der Waals surface area contributed by atoms with Crippen molar-refractivity contribution in [1.29, 1.82) is 0 Å². The molecule has 19 heavy (non-hydrogen) atoms. The molecule has 1 aromatic heterocycles. The van der Waals surface area contributed by atoms with Gasteiger partial charge in [-0.15, -0.1) is 0 Å². The molecule has 1 atom stereocenters. The SMILES string of the molecule is Cn1ccc(CC(CO)(CO)C2CCS(=O)(=O)C2)n1. The van der Waals surface area contributed by atoms with Gasteiger partial charge < -0.3 is 10.2 Å². The third kappa shape index (κ3) is 2.98. The van der Waals surface area contributed by atoms with Crippen molar-refractivity contribution in [2.75, 3.05) is 24.7 Å². The molecule has 108 valence electrons. The van der Waals surface area contributed by atoms with Gasteiger partial charge >= 0.3 is 0 Å². The number of aromatic nitrogens is 2. The molecule has 1 saturated heterocycles. The summed E-state index contributed by atoms with van der Waals surface area (Å²) in [6.07, 6.45) is 2.68. The van der Waals surface area contributed by atoms with Crippen LogP contribution in [0.1, 0.15) is 12.1 Å². The van der Waals surface area contributed by atoms with E-state index in [9.17, 15) is 18.6 Å². The Morgan fingerprint density at radius 1 is 1.47 bits per heavy atom. The van der Waals surface area contributed by atoms with Crippen molar-refractivity contribution in [2.45, 2.75) is 12.8 Å². The molecule has 1 unspecified atom stereocenters. The summed E-state index contributed by atoms with van der Waals surface area (Å²) in [5.74, 6) is -0.0303. The summed E-state index contributed by atoms with van der Waals surface area (Å²) < 4.78 is 24.8. The van der Waals surface area contributed by atoms with E-state index >= 15 is 0 Å². The molecule has 0 saturated carbocycles. The molecule has 0 aliphatic carbocycles. The minimum Gasteiger partial charge on any atom is -0.396 e.